The van der Waals surface area contributed by atoms with Crippen molar-refractivity contribution in [2.24, 2.45) is 0 Å². The monoisotopic (exact) mass is 453 g/mol. The molecule has 8 heteroatoms. The number of halogens is 1. The van der Waals surface area contributed by atoms with E-state index in [-0.39, 0.29) is 23.5 Å². The van der Waals surface area contributed by atoms with Crippen LogP contribution in [-0.4, -0.2) is 45.0 Å². The highest BCUT2D eigenvalue weighted by Gasteiger charge is 2.29. The van der Waals surface area contributed by atoms with Crippen molar-refractivity contribution in [3.63, 3.8) is 0 Å². The summed E-state index contributed by atoms with van der Waals surface area (Å²) in [6, 6.07) is 9.78. The molecule has 0 atom stereocenters. The summed E-state index contributed by atoms with van der Waals surface area (Å²) in [5.41, 5.74) is 2.27. The van der Waals surface area contributed by atoms with Gasteiger partial charge in [-0.15, -0.1) is 0 Å². The first kappa shape index (κ1) is 20.0. The summed E-state index contributed by atoms with van der Waals surface area (Å²) in [6.07, 6.45) is 0. The fourth-order valence-corrected chi connectivity index (χ4v) is 5.06. The second-order valence-electron chi connectivity index (χ2n) is 6.30. The smallest absolute Gasteiger partial charge is 0.343 e. The maximum Gasteiger partial charge on any atom is 0.343 e. The molecular weight excluding hydrogens is 434 g/mol. The van der Waals surface area contributed by atoms with E-state index in [9.17, 15) is 13.2 Å². The Morgan fingerprint density at radius 1 is 1.07 bits per heavy atom. The third kappa shape index (κ3) is 4.40. The molecule has 0 N–H and O–H groups in total. The Morgan fingerprint density at radius 2 is 1.78 bits per heavy atom. The molecule has 1 saturated heterocycles. The summed E-state index contributed by atoms with van der Waals surface area (Å²) in [4.78, 5) is 12.6. The van der Waals surface area contributed by atoms with Gasteiger partial charge < -0.3 is 9.47 Å². The van der Waals surface area contributed by atoms with Gasteiger partial charge in [0.25, 0.3) is 0 Å². The summed E-state index contributed by atoms with van der Waals surface area (Å²) in [6.45, 7) is 5.17. The molecule has 3 rings (SSSR count). The molecule has 1 fully saturated rings. The topological polar surface area (TPSA) is 72.9 Å². The largest absolute Gasteiger partial charge is 0.423 e. The van der Waals surface area contributed by atoms with E-state index in [1.807, 2.05) is 19.9 Å². The summed E-state index contributed by atoms with van der Waals surface area (Å²) in [5.74, 6) is -0.187. The third-order valence-electron chi connectivity index (χ3n) is 4.44. The van der Waals surface area contributed by atoms with Crippen molar-refractivity contribution >= 4 is 31.9 Å². The number of ether oxygens (including phenoxy) is 2. The van der Waals surface area contributed by atoms with Crippen molar-refractivity contribution in [2.45, 2.75) is 18.7 Å². The first-order valence-corrected chi connectivity index (χ1v) is 10.7. The molecule has 27 heavy (non-hydrogen) atoms. The molecule has 144 valence electrons. The normalized spacial score (nSPS) is 15.5. The maximum atomic E-state index is 12.9. The molecule has 1 aliphatic heterocycles. The Labute approximate surface area is 167 Å². The van der Waals surface area contributed by atoms with Crippen LogP contribution in [0.2, 0.25) is 0 Å². The molecule has 0 saturated carbocycles. The highest BCUT2D eigenvalue weighted by molar-refractivity contribution is 9.10. The molecule has 0 amide bonds. The minimum absolute atomic E-state index is 0.0407. The fraction of sp³-hybridized carbons (Fsp3) is 0.316. The van der Waals surface area contributed by atoms with Crippen LogP contribution in [0.1, 0.15) is 21.5 Å². The quantitative estimate of drug-likeness (QED) is 0.524. The summed E-state index contributed by atoms with van der Waals surface area (Å²) in [7, 11) is -3.74. The number of nitrogens with zero attached hydrogens (tertiary/aromatic N) is 1. The van der Waals surface area contributed by atoms with Crippen LogP contribution in [0.25, 0.3) is 0 Å². The Hall–Kier alpha value is -1.74. The van der Waals surface area contributed by atoms with Gasteiger partial charge in [-0.05, 0) is 71.2 Å². The summed E-state index contributed by atoms with van der Waals surface area (Å²) in [5, 5.41) is 0. The van der Waals surface area contributed by atoms with Crippen molar-refractivity contribution in [3.05, 3.63) is 57.6 Å². The number of morpholine rings is 1. The molecule has 0 unspecified atom stereocenters. The van der Waals surface area contributed by atoms with Gasteiger partial charge in [0.15, 0.2) is 0 Å². The average molecular weight is 454 g/mol. The number of rotatable bonds is 4. The minimum Gasteiger partial charge on any atom is -0.423 e. The van der Waals surface area contributed by atoms with Crippen molar-refractivity contribution in [1.29, 1.82) is 0 Å². The zero-order chi connectivity index (χ0) is 19.6. The third-order valence-corrected chi connectivity index (χ3v) is 7.34. The number of aryl methyl sites for hydroxylation is 2. The van der Waals surface area contributed by atoms with Gasteiger partial charge in [0.05, 0.1) is 23.7 Å². The predicted octanol–water partition coefficient (Wildman–Crippen LogP) is 3.31. The minimum atomic E-state index is -3.74. The molecule has 6 nitrogen and oxygen atoms in total. The summed E-state index contributed by atoms with van der Waals surface area (Å²) < 4.78 is 38.2. The summed E-state index contributed by atoms with van der Waals surface area (Å²) >= 11 is 3.28. The van der Waals surface area contributed by atoms with Crippen molar-refractivity contribution in [2.75, 3.05) is 26.3 Å². The van der Waals surface area contributed by atoms with E-state index in [0.717, 1.165) is 11.1 Å². The van der Waals surface area contributed by atoms with Crippen LogP contribution in [0, 0.1) is 13.8 Å². The molecule has 0 bridgehead atoms. The maximum absolute atomic E-state index is 12.9. The van der Waals surface area contributed by atoms with Crippen LogP contribution < -0.4 is 4.74 Å². The predicted molar refractivity (Wildman–Crippen MR) is 105 cm³/mol. The molecule has 0 aromatic heterocycles. The van der Waals surface area contributed by atoms with Crippen LogP contribution in [0.15, 0.2) is 45.8 Å². The Morgan fingerprint density at radius 3 is 2.44 bits per heavy atom. The fourth-order valence-electron chi connectivity index (χ4n) is 2.70. The number of carbonyl (C=O) groups is 1. The number of esters is 1. The lowest BCUT2D eigenvalue weighted by Crippen LogP contribution is -2.40. The van der Waals surface area contributed by atoms with Crippen LogP contribution in [0.5, 0.6) is 5.75 Å². The molecule has 0 spiro atoms. The van der Waals surface area contributed by atoms with E-state index in [0.29, 0.717) is 23.4 Å². The van der Waals surface area contributed by atoms with Crippen LogP contribution >= 0.6 is 15.9 Å². The van der Waals surface area contributed by atoms with Gasteiger partial charge in [0.2, 0.25) is 10.0 Å². The highest BCUT2D eigenvalue weighted by Crippen LogP contribution is 2.27. The van der Waals surface area contributed by atoms with E-state index >= 15 is 0 Å². The lowest BCUT2D eigenvalue weighted by Gasteiger charge is -2.26. The van der Waals surface area contributed by atoms with Crippen LogP contribution in [-0.2, 0) is 14.8 Å². The molecule has 2 aromatic carbocycles. The number of benzene rings is 2. The van der Waals surface area contributed by atoms with Gasteiger partial charge in [-0.25, -0.2) is 13.2 Å². The van der Waals surface area contributed by atoms with Gasteiger partial charge >= 0.3 is 5.97 Å². The molecule has 1 aliphatic rings. The molecular formula is C19H20BrNO5S. The lowest BCUT2D eigenvalue weighted by atomic mass is 10.1. The Balaban J connectivity index is 1.88. The van der Waals surface area contributed by atoms with E-state index in [4.69, 9.17) is 9.47 Å². The second-order valence-corrected chi connectivity index (χ2v) is 9.06. The van der Waals surface area contributed by atoms with Gasteiger partial charge in [0, 0.05) is 17.6 Å². The van der Waals surface area contributed by atoms with Crippen molar-refractivity contribution < 1.29 is 22.7 Å². The molecule has 2 aromatic rings. The second kappa shape index (κ2) is 8.10. The first-order chi connectivity index (χ1) is 12.8. The highest BCUT2D eigenvalue weighted by atomic mass is 79.9. The number of carbonyl (C=O) groups excluding carboxylic acids is 1. The van der Waals surface area contributed by atoms with Crippen LogP contribution in [0.3, 0.4) is 0 Å². The van der Waals surface area contributed by atoms with Gasteiger partial charge in [-0.3, -0.25) is 0 Å². The number of hydrogen-bond donors (Lipinski definition) is 0. The Kier molecular flexibility index (Phi) is 6.00. The van der Waals surface area contributed by atoms with Gasteiger partial charge in [-0.1, -0.05) is 6.07 Å². The molecule has 0 aliphatic carbocycles. The van der Waals surface area contributed by atoms with E-state index in [1.165, 1.54) is 16.4 Å². The average Bonchev–Trinajstić information content (AvgIpc) is 2.65. The Bertz CT molecular complexity index is 968. The van der Waals surface area contributed by atoms with Crippen molar-refractivity contribution in [3.8, 4) is 5.75 Å². The van der Waals surface area contributed by atoms with Crippen LogP contribution in [0.4, 0.5) is 0 Å². The standard InChI is InChI=1S/C19H20BrNO5S/c1-13-3-5-16(11-14(13)2)26-19(22)15-4-6-17(20)18(12-15)27(23,24)21-7-9-25-10-8-21/h3-6,11-12H,7-10H2,1-2H3. The molecule has 0 radical (unpaired) electrons. The molecule has 1 heterocycles. The van der Waals surface area contributed by atoms with E-state index < -0.39 is 16.0 Å². The number of hydrogen-bond acceptors (Lipinski definition) is 5. The van der Waals surface area contributed by atoms with Crippen molar-refractivity contribution in [1.82, 2.24) is 4.31 Å². The first-order valence-electron chi connectivity index (χ1n) is 8.46. The number of sulfonamides is 1. The van der Waals surface area contributed by atoms with Gasteiger partial charge in [0.1, 0.15) is 5.75 Å². The van der Waals surface area contributed by atoms with Gasteiger partial charge in [-0.2, -0.15) is 4.31 Å². The lowest BCUT2D eigenvalue weighted by molar-refractivity contribution is 0.0727. The zero-order valence-corrected chi connectivity index (χ0v) is 17.5. The zero-order valence-electron chi connectivity index (χ0n) is 15.1. The van der Waals surface area contributed by atoms with E-state index in [1.54, 1.807) is 18.2 Å². The SMILES string of the molecule is Cc1ccc(OC(=O)c2ccc(Br)c(S(=O)(=O)N3CCOCC3)c2)cc1C. The van der Waals surface area contributed by atoms with E-state index in [2.05, 4.69) is 15.9 Å².